The zero-order valence-electron chi connectivity index (χ0n) is 10.9. The summed E-state index contributed by atoms with van der Waals surface area (Å²) in [6.07, 6.45) is 2.63. The highest BCUT2D eigenvalue weighted by Gasteiger charge is 2.21. The number of hydrogen-bond donors (Lipinski definition) is 0. The van der Waals surface area contributed by atoms with Crippen molar-refractivity contribution < 1.29 is 4.39 Å². The van der Waals surface area contributed by atoms with Crippen molar-refractivity contribution >= 4 is 34.0 Å². The van der Waals surface area contributed by atoms with Gasteiger partial charge in [-0.3, -0.25) is 0 Å². The van der Waals surface area contributed by atoms with Gasteiger partial charge in [-0.1, -0.05) is 6.92 Å². The van der Waals surface area contributed by atoms with Crippen molar-refractivity contribution in [1.29, 1.82) is 0 Å². The number of halogens is 2. The minimum Gasteiger partial charge on any atom is -0.317 e. The van der Waals surface area contributed by atoms with E-state index in [-0.39, 0.29) is 17.7 Å². The van der Waals surface area contributed by atoms with Crippen molar-refractivity contribution in [3.63, 3.8) is 0 Å². The minimum absolute atomic E-state index is 0.0375. The molecule has 0 radical (unpaired) electrons. The second-order valence-electron chi connectivity index (χ2n) is 4.46. The summed E-state index contributed by atoms with van der Waals surface area (Å²) in [5, 5.41) is 2.93. The van der Waals surface area contributed by atoms with E-state index in [1.165, 1.54) is 12.1 Å². The fourth-order valence-corrected chi connectivity index (χ4v) is 3.43. The molecular formula is C14H13ClFN3S. The quantitative estimate of drug-likeness (QED) is 0.670. The Morgan fingerprint density at radius 1 is 1.45 bits per heavy atom. The molecule has 3 nitrogen and oxygen atoms in total. The Morgan fingerprint density at radius 2 is 2.30 bits per heavy atom. The van der Waals surface area contributed by atoms with Gasteiger partial charge in [-0.2, -0.15) is 0 Å². The van der Waals surface area contributed by atoms with Crippen LogP contribution in [0.15, 0.2) is 29.8 Å². The zero-order valence-corrected chi connectivity index (χ0v) is 12.5. The first-order valence-electron chi connectivity index (χ1n) is 6.36. The maximum atomic E-state index is 13.6. The van der Waals surface area contributed by atoms with E-state index in [9.17, 15) is 4.39 Å². The molecule has 0 saturated heterocycles. The molecule has 2 aromatic heterocycles. The van der Waals surface area contributed by atoms with Crippen LogP contribution in [0.1, 0.15) is 30.2 Å². The van der Waals surface area contributed by atoms with Gasteiger partial charge in [0.2, 0.25) is 0 Å². The molecule has 6 heteroatoms. The molecule has 1 atom stereocenters. The molecule has 0 aliphatic carbocycles. The summed E-state index contributed by atoms with van der Waals surface area (Å²) in [5.41, 5.74) is 1.53. The van der Waals surface area contributed by atoms with E-state index in [1.54, 1.807) is 23.6 Å². The topological polar surface area (TPSA) is 30.7 Å². The fourth-order valence-electron chi connectivity index (χ4n) is 2.42. The molecular weight excluding hydrogens is 297 g/mol. The molecule has 104 valence electrons. The number of hydrogen-bond acceptors (Lipinski definition) is 3. The van der Waals surface area contributed by atoms with Crippen LogP contribution >= 0.6 is 22.9 Å². The molecule has 1 aromatic carbocycles. The SMILES string of the molecule is CCC(c1nccs1)n1c(CCl)nc2ccc(F)cc21. The van der Waals surface area contributed by atoms with Crippen molar-refractivity contribution in [2.24, 2.45) is 0 Å². The molecule has 2 heterocycles. The van der Waals surface area contributed by atoms with Crippen molar-refractivity contribution in [1.82, 2.24) is 14.5 Å². The lowest BCUT2D eigenvalue weighted by Gasteiger charge is -2.17. The fraction of sp³-hybridized carbons (Fsp3) is 0.286. The Labute approximate surface area is 125 Å². The van der Waals surface area contributed by atoms with Crippen LogP contribution in [0.3, 0.4) is 0 Å². The second-order valence-corrected chi connectivity index (χ2v) is 5.65. The lowest BCUT2D eigenvalue weighted by molar-refractivity contribution is 0.560. The molecule has 3 aromatic rings. The Bertz CT molecular complexity index is 723. The van der Waals surface area contributed by atoms with E-state index in [1.807, 2.05) is 9.95 Å². The third kappa shape index (κ3) is 2.21. The van der Waals surface area contributed by atoms with Crippen LogP contribution in [0.4, 0.5) is 4.39 Å². The number of imidazole rings is 1. The maximum Gasteiger partial charge on any atom is 0.125 e. The molecule has 0 bridgehead atoms. The summed E-state index contributed by atoms with van der Waals surface area (Å²) in [6.45, 7) is 2.08. The molecule has 1 unspecified atom stereocenters. The number of alkyl halides is 1. The van der Waals surface area contributed by atoms with E-state index < -0.39 is 0 Å². The van der Waals surface area contributed by atoms with Crippen LogP contribution in [-0.4, -0.2) is 14.5 Å². The first-order valence-corrected chi connectivity index (χ1v) is 7.77. The van der Waals surface area contributed by atoms with Gasteiger partial charge in [-0.15, -0.1) is 22.9 Å². The van der Waals surface area contributed by atoms with Gasteiger partial charge in [0.15, 0.2) is 0 Å². The van der Waals surface area contributed by atoms with Crippen LogP contribution in [0.5, 0.6) is 0 Å². The van der Waals surface area contributed by atoms with E-state index in [4.69, 9.17) is 11.6 Å². The van der Waals surface area contributed by atoms with E-state index >= 15 is 0 Å². The summed E-state index contributed by atoms with van der Waals surface area (Å²) in [7, 11) is 0. The van der Waals surface area contributed by atoms with Gasteiger partial charge in [0.25, 0.3) is 0 Å². The standard InChI is InChI=1S/C14H13ClFN3S/c1-2-11(14-17-5-6-20-14)19-12-7-9(16)3-4-10(12)18-13(19)8-15/h3-7,11H,2,8H2,1H3. The highest BCUT2D eigenvalue weighted by molar-refractivity contribution is 7.09. The first-order chi connectivity index (χ1) is 9.74. The Morgan fingerprint density at radius 3 is 2.95 bits per heavy atom. The summed E-state index contributed by atoms with van der Waals surface area (Å²) in [6, 6.07) is 4.65. The van der Waals surface area contributed by atoms with Crippen molar-refractivity contribution in [2.45, 2.75) is 25.3 Å². The van der Waals surface area contributed by atoms with Crippen LogP contribution < -0.4 is 0 Å². The number of benzene rings is 1. The number of aromatic nitrogens is 3. The number of thiazole rings is 1. The molecule has 0 spiro atoms. The third-order valence-corrected chi connectivity index (χ3v) is 4.39. The van der Waals surface area contributed by atoms with Gasteiger partial charge in [0.05, 0.1) is 23.0 Å². The van der Waals surface area contributed by atoms with E-state index in [0.29, 0.717) is 0 Å². The summed E-state index contributed by atoms with van der Waals surface area (Å²) in [4.78, 5) is 8.87. The van der Waals surface area contributed by atoms with Crippen molar-refractivity contribution in [2.75, 3.05) is 0 Å². The van der Waals surface area contributed by atoms with Crippen molar-refractivity contribution in [3.05, 3.63) is 46.4 Å². The average molecular weight is 310 g/mol. The van der Waals surface area contributed by atoms with Crippen LogP contribution in [-0.2, 0) is 5.88 Å². The first kappa shape index (κ1) is 13.5. The predicted octanol–water partition coefficient (Wildman–Crippen LogP) is 4.37. The summed E-state index contributed by atoms with van der Waals surface area (Å²) >= 11 is 7.60. The van der Waals surface area contributed by atoms with Crippen molar-refractivity contribution in [3.8, 4) is 0 Å². The lowest BCUT2D eigenvalue weighted by atomic mass is 10.2. The Kier molecular flexibility index (Phi) is 3.72. The molecule has 0 amide bonds. The average Bonchev–Trinajstić information content (AvgIpc) is 3.08. The molecule has 3 rings (SSSR count). The summed E-state index contributed by atoms with van der Waals surface area (Å²) < 4.78 is 15.6. The van der Waals surface area contributed by atoms with Gasteiger partial charge in [-0.05, 0) is 24.6 Å². The third-order valence-electron chi connectivity index (χ3n) is 3.28. The highest BCUT2D eigenvalue weighted by Crippen LogP contribution is 2.30. The highest BCUT2D eigenvalue weighted by atomic mass is 35.5. The number of nitrogens with zero attached hydrogens (tertiary/aromatic N) is 3. The molecule has 0 aliphatic heterocycles. The molecule has 0 N–H and O–H groups in total. The van der Waals surface area contributed by atoms with Crippen LogP contribution in [0.2, 0.25) is 0 Å². The maximum absolute atomic E-state index is 13.6. The smallest absolute Gasteiger partial charge is 0.125 e. The minimum atomic E-state index is -0.270. The van der Waals surface area contributed by atoms with Gasteiger partial charge < -0.3 is 4.57 Å². The van der Waals surface area contributed by atoms with Gasteiger partial charge >= 0.3 is 0 Å². The zero-order chi connectivity index (χ0) is 14.1. The Balaban J connectivity index is 2.24. The second kappa shape index (κ2) is 5.50. The van der Waals surface area contributed by atoms with Gasteiger partial charge in [0.1, 0.15) is 16.6 Å². The summed E-state index contributed by atoms with van der Waals surface area (Å²) in [5.74, 6) is 0.765. The number of fused-ring (bicyclic) bond motifs is 1. The van der Waals surface area contributed by atoms with Crippen LogP contribution in [0.25, 0.3) is 11.0 Å². The van der Waals surface area contributed by atoms with Gasteiger partial charge in [0, 0.05) is 11.6 Å². The molecule has 0 aliphatic rings. The molecule has 0 saturated carbocycles. The predicted molar refractivity (Wildman–Crippen MR) is 79.8 cm³/mol. The van der Waals surface area contributed by atoms with E-state index in [0.717, 1.165) is 28.3 Å². The number of rotatable bonds is 4. The van der Waals surface area contributed by atoms with E-state index in [2.05, 4.69) is 16.9 Å². The monoisotopic (exact) mass is 309 g/mol. The van der Waals surface area contributed by atoms with Crippen LogP contribution in [0, 0.1) is 5.82 Å². The van der Waals surface area contributed by atoms with Gasteiger partial charge in [-0.25, -0.2) is 14.4 Å². The molecule has 0 fully saturated rings. The Hall–Kier alpha value is -1.46. The lowest BCUT2D eigenvalue weighted by Crippen LogP contribution is -2.12. The molecule has 20 heavy (non-hydrogen) atoms. The normalized spacial score (nSPS) is 12.9. The largest absolute Gasteiger partial charge is 0.317 e.